The fourth-order valence-electron chi connectivity index (χ4n) is 1.86. The van der Waals surface area contributed by atoms with Crippen molar-refractivity contribution in [1.82, 2.24) is 4.72 Å². The molecule has 0 radical (unpaired) electrons. The lowest BCUT2D eigenvalue weighted by molar-refractivity contribution is -0.162. The molecule has 0 saturated heterocycles. The molecule has 0 bridgehead atoms. The maximum absolute atomic E-state index is 14.9. The normalized spacial score (nSPS) is 16.3. The van der Waals surface area contributed by atoms with Crippen molar-refractivity contribution in [2.75, 3.05) is 0 Å². The quantitative estimate of drug-likeness (QED) is 0.816. The molecule has 4 nitrogen and oxygen atoms in total. The Morgan fingerprint density at radius 2 is 1.62 bits per heavy atom. The Morgan fingerprint density at radius 3 is 2.04 bits per heavy atom. The Hall–Kier alpha value is -1.27. The second kappa shape index (κ2) is 7.74. The Bertz CT molecular complexity index is 588. The summed E-state index contributed by atoms with van der Waals surface area (Å²) in [6.07, 6.45) is -1.96. The number of nitrogens with one attached hydrogen (secondary N) is 1. The van der Waals surface area contributed by atoms with Crippen molar-refractivity contribution in [3.8, 4) is 0 Å². The molecule has 0 aliphatic heterocycles. The van der Waals surface area contributed by atoms with Crippen molar-refractivity contribution in [3.05, 3.63) is 35.4 Å². The highest BCUT2D eigenvalue weighted by Gasteiger charge is 2.36. The molecule has 1 rings (SSSR count). The van der Waals surface area contributed by atoms with E-state index in [0.29, 0.717) is 5.56 Å². The van der Waals surface area contributed by atoms with Gasteiger partial charge in [-0.25, -0.2) is 18.1 Å². The lowest BCUT2D eigenvalue weighted by atomic mass is 10.0. The summed E-state index contributed by atoms with van der Waals surface area (Å²) in [6, 6.07) is 6.06. The molecule has 1 N–H and O–H groups in total. The molecule has 0 amide bonds. The van der Waals surface area contributed by atoms with Crippen LogP contribution in [0.1, 0.15) is 58.7 Å². The molecule has 1 aromatic carbocycles. The van der Waals surface area contributed by atoms with E-state index in [4.69, 9.17) is 4.74 Å². The monoisotopic (exact) mass is 357 g/mol. The van der Waals surface area contributed by atoms with Crippen molar-refractivity contribution in [1.29, 1.82) is 0 Å². The number of rotatable bonds is 5. The average molecular weight is 357 g/mol. The van der Waals surface area contributed by atoms with Gasteiger partial charge in [0.1, 0.15) is 5.60 Å². The lowest BCUT2D eigenvalue weighted by Crippen LogP contribution is -2.43. The second-order valence-electron chi connectivity index (χ2n) is 7.82. The first-order valence-corrected chi connectivity index (χ1v) is 9.08. The maximum atomic E-state index is 14.9. The van der Waals surface area contributed by atoms with Gasteiger partial charge < -0.3 is 4.74 Å². The van der Waals surface area contributed by atoms with Crippen LogP contribution in [0.5, 0.6) is 0 Å². The minimum Gasteiger partial charge on any atom is -0.458 e. The number of carbonyl (C=O) groups is 1. The molecule has 0 saturated carbocycles. The van der Waals surface area contributed by atoms with Crippen LogP contribution in [-0.4, -0.2) is 26.7 Å². The molecule has 0 aliphatic rings. The number of hydrogen-bond donors (Lipinski definition) is 1. The van der Waals surface area contributed by atoms with Gasteiger partial charge in [0.15, 0.2) is 0 Å². The standard InChI is InChI=1S/C18H28FNO3S/c1-12-8-10-13(11-9-12)15(20-24(22)18(5,6)7)14(19)16(21)23-17(2,3)4/h8-11,14-15,20H,1-7H3. The minimum atomic E-state index is -1.96. The number of alkyl halides is 1. The number of carbonyl (C=O) groups excluding carboxylic acids is 1. The molecule has 6 heteroatoms. The highest BCUT2D eigenvalue weighted by atomic mass is 32.2. The van der Waals surface area contributed by atoms with E-state index in [1.165, 1.54) is 0 Å². The Kier molecular flexibility index (Phi) is 6.70. The summed E-state index contributed by atoms with van der Waals surface area (Å²) >= 11 is 0. The van der Waals surface area contributed by atoms with Gasteiger partial charge >= 0.3 is 5.97 Å². The van der Waals surface area contributed by atoms with E-state index >= 15 is 0 Å². The van der Waals surface area contributed by atoms with Gasteiger partial charge in [-0.3, -0.25) is 0 Å². The topological polar surface area (TPSA) is 55.4 Å². The highest BCUT2D eigenvalue weighted by molar-refractivity contribution is 7.84. The van der Waals surface area contributed by atoms with Crippen molar-refractivity contribution in [2.45, 2.75) is 71.0 Å². The first-order chi connectivity index (χ1) is 10.8. The number of halogens is 1. The molecule has 24 heavy (non-hydrogen) atoms. The summed E-state index contributed by atoms with van der Waals surface area (Å²) < 4.78 is 34.6. The van der Waals surface area contributed by atoms with E-state index in [-0.39, 0.29) is 0 Å². The number of benzene rings is 1. The van der Waals surface area contributed by atoms with Gasteiger partial charge in [0, 0.05) is 0 Å². The molecule has 0 fully saturated rings. The fourth-order valence-corrected chi connectivity index (χ4v) is 2.70. The van der Waals surface area contributed by atoms with E-state index < -0.39 is 39.5 Å². The molecule has 1 aromatic rings. The van der Waals surface area contributed by atoms with Gasteiger partial charge in [0.05, 0.1) is 21.8 Å². The summed E-state index contributed by atoms with van der Waals surface area (Å²) in [7, 11) is -1.53. The number of esters is 1. The van der Waals surface area contributed by atoms with Crippen LogP contribution in [0, 0.1) is 6.92 Å². The van der Waals surface area contributed by atoms with Crippen LogP contribution in [0.15, 0.2) is 24.3 Å². The van der Waals surface area contributed by atoms with Gasteiger partial charge in [0.25, 0.3) is 0 Å². The average Bonchev–Trinajstić information content (AvgIpc) is 2.42. The smallest absolute Gasteiger partial charge is 0.343 e. The van der Waals surface area contributed by atoms with Gasteiger partial charge in [-0.1, -0.05) is 29.8 Å². The summed E-state index contributed by atoms with van der Waals surface area (Å²) in [5, 5.41) is 0. The van der Waals surface area contributed by atoms with Crippen LogP contribution in [0.4, 0.5) is 4.39 Å². The van der Waals surface area contributed by atoms with Crippen LogP contribution in [0.3, 0.4) is 0 Å². The zero-order valence-electron chi connectivity index (χ0n) is 15.5. The summed E-state index contributed by atoms with van der Waals surface area (Å²) in [6.45, 7) is 12.3. The zero-order chi connectivity index (χ0) is 18.7. The third kappa shape index (κ3) is 6.32. The molecular formula is C18H28FNO3S. The molecule has 3 unspecified atom stereocenters. The Balaban J connectivity index is 3.10. The summed E-state index contributed by atoms with van der Waals surface area (Å²) in [5.74, 6) is -0.966. The van der Waals surface area contributed by atoms with Gasteiger partial charge in [-0.2, -0.15) is 0 Å². The molecule has 0 aliphatic carbocycles. The Labute approximate surface area is 146 Å². The Morgan fingerprint density at radius 1 is 1.12 bits per heavy atom. The highest BCUT2D eigenvalue weighted by Crippen LogP contribution is 2.25. The molecule has 0 spiro atoms. The first-order valence-electron chi connectivity index (χ1n) is 7.93. The first kappa shape index (κ1) is 20.8. The van der Waals surface area contributed by atoms with Crippen molar-refractivity contribution in [3.63, 3.8) is 0 Å². The van der Waals surface area contributed by atoms with E-state index in [2.05, 4.69) is 4.72 Å². The van der Waals surface area contributed by atoms with Crippen LogP contribution in [-0.2, 0) is 20.5 Å². The predicted molar refractivity (Wildman–Crippen MR) is 95.7 cm³/mol. The molecule has 0 aromatic heterocycles. The molecule has 136 valence electrons. The van der Waals surface area contributed by atoms with Gasteiger partial charge in [-0.15, -0.1) is 0 Å². The fraction of sp³-hybridized carbons (Fsp3) is 0.611. The third-order valence-corrected chi connectivity index (χ3v) is 4.73. The zero-order valence-corrected chi connectivity index (χ0v) is 16.3. The third-order valence-electron chi connectivity index (χ3n) is 3.15. The number of aryl methyl sites for hydroxylation is 1. The van der Waals surface area contributed by atoms with Crippen molar-refractivity contribution in [2.24, 2.45) is 0 Å². The second-order valence-corrected chi connectivity index (χ2v) is 9.82. The lowest BCUT2D eigenvalue weighted by Gasteiger charge is -2.28. The van der Waals surface area contributed by atoms with E-state index in [1.807, 2.05) is 19.1 Å². The van der Waals surface area contributed by atoms with Crippen LogP contribution in [0.2, 0.25) is 0 Å². The minimum absolute atomic E-state index is 0.552. The van der Waals surface area contributed by atoms with E-state index in [9.17, 15) is 13.4 Å². The molecule has 3 atom stereocenters. The predicted octanol–water partition coefficient (Wildman–Crippen LogP) is 3.77. The SMILES string of the molecule is Cc1ccc(C(NS(=O)C(C)(C)C)C(F)C(=O)OC(C)(C)C)cc1. The van der Waals surface area contributed by atoms with Crippen molar-refractivity contribution >= 4 is 17.0 Å². The molecular weight excluding hydrogens is 329 g/mol. The van der Waals surface area contributed by atoms with Crippen molar-refractivity contribution < 1.29 is 18.1 Å². The summed E-state index contributed by atoms with van der Waals surface area (Å²) in [5.41, 5.74) is 0.779. The van der Waals surface area contributed by atoms with Crippen LogP contribution >= 0.6 is 0 Å². The number of hydrogen-bond acceptors (Lipinski definition) is 3. The van der Waals surface area contributed by atoms with Crippen LogP contribution in [0.25, 0.3) is 0 Å². The van der Waals surface area contributed by atoms with E-state index in [0.717, 1.165) is 5.56 Å². The largest absolute Gasteiger partial charge is 0.458 e. The number of ether oxygens (including phenoxy) is 1. The van der Waals surface area contributed by atoms with Crippen LogP contribution < -0.4 is 4.72 Å². The van der Waals surface area contributed by atoms with Gasteiger partial charge in [0.2, 0.25) is 6.17 Å². The molecule has 0 heterocycles. The van der Waals surface area contributed by atoms with E-state index in [1.54, 1.807) is 53.7 Å². The summed E-state index contributed by atoms with van der Waals surface area (Å²) in [4.78, 5) is 12.1. The van der Waals surface area contributed by atoms with Gasteiger partial charge in [-0.05, 0) is 54.0 Å². The maximum Gasteiger partial charge on any atom is 0.343 e.